The van der Waals surface area contributed by atoms with Crippen LogP contribution < -0.4 is 11.3 Å². The largest absolute Gasteiger partial charge is 0.307 e. The monoisotopic (exact) mass is 237 g/mol. The number of imidazole rings is 1. The second kappa shape index (κ2) is 4.71. The van der Waals surface area contributed by atoms with Gasteiger partial charge in [-0.1, -0.05) is 25.6 Å². The zero-order valence-corrected chi connectivity index (χ0v) is 10.2. The third kappa shape index (κ3) is 2.12. The molecule has 86 valence electrons. The summed E-state index contributed by atoms with van der Waals surface area (Å²) < 4.78 is 1.92. The molecule has 0 amide bonds. The first kappa shape index (κ1) is 11.2. The predicted molar refractivity (Wildman–Crippen MR) is 66.4 cm³/mol. The van der Waals surface area contributed by atoms with E-state index in [1.807, 2.05) is 16.8 Å². The normalized spacial score (nSPS) is 12.9. The Hall–Kier alpha value is -1.27. The lowest BCUT2D eigenvalue weighted by atomic mass is 10.4. The average Bonchev–Trinajstić information content (AvgIpc) is 2.76. The minimum atomic E-state index is 0.515. The average molecular weight is 237 g/mol. The van der Waals surface area contributed by atoms with Gasteiger partial charge in [0, 0.05) is 17.6 Å². The number of hydrogen-bond acceptors (Lipinski definition) is 5. The van der Waals surface area contributed by atoms with E-state index in [2.05, 4.69) is 29.2 Å². The van der Waals surface area contributed by atoms with Crippen LogP contribution in [0.5, 0.6) is 0 Å². The van der Waals surface area contributed by atoms with Gasteiger partial charge in [0.15, 0.2) is 11.5 Å². The number of nitrogens with one attached hydrogen (secondary N) is 1. The Morgan fingerprint density at radius 3 is 3.12 bits per heavy atom. The van der Waals surface area contributed by atoms with Crippen LogP contribution in [0.1, 0.15) is 20.3 Å². The van der Waals surface area contributed by atoms with Crippen molar-refractivity contribution in [3.63, 3.8) is 0 Å². The molecule has 16 heavy (non-hydrogen) atoms. The predicted octanol–water partition coefficient (Wildman–Crippen LogP) is 1.91. The fourth-order valence-electron chi connectivity index (χ4n) is 1.33. The van der Waals surface area contributed by atoms with Crippen LogP contribution in [0.15, 0.2) is 23.6 Å². The molecule has 2 aromatic rings. The number of nitrogens with two attached hydrogens (primary N) is 1. The lowest BCUT2D eigenvalue weighted by Crippen LogP contribution is -2.10. The number of fused-ring (bicyclic) bond motifs is 1. The van der Waals surface area contributed by atoms with Crippen molar-refractivity contribution in [3.8, 4) is 0 Å². The quantitative estimate of drug-likeness (QED) is 0.483. The van der Waals surface area contributed by atoms with E-state index >= 15 is 0 Å². The highest BCUT2D eigenvalue weighted by Gasteiger charge is 2.10. The van der Waals surface area contributed by atoms with Crippen LogP contribution in [0.2, 0.25) is 0 Å². The van der Waals surface area contributed by atoms with Gasteiger partial charge in [0.1, 0.15) is 5.03 Å². The number of nitrogens with zero attached hydrogens (tertiary/aromatic N) is 3. The summed E-state index contributed by atoms with van der Waals surface area (Å²) in [5, 5.41) is 1.43. The van der Waals surface area contributed by atoms with E-state index in [4.69, 9.17) is 5.84 Å². The van der Waals surface area contributed by atoms with E-state index in [0.717, 1.165) is 17.1 Å². The number of hydrogen-bond donors (Lipinski definition) is 2. The molecule has 2 rings (SSSR count). The zero-order chi connectivity index (χ0) is 11.5. The van der Waals surface area contributed by atoms with Crippen molar-refractivity contribution in [2.75, 3.05) is 5.43 Å². The minimum Gasteiger partial charge on any atom is -0.307 e. The first-order chi connectivity index (χ1) is 7.74. The number of rotatable bonds is 4. The standard InChI is InChI=1S/C10H15N5S/c1-3-7(2)16-10-9-12-4-5-15(9)6-8(13-10)14-11/h4-7,14H,3,11H2,1-2H3. The van der Waals surface area contributed by atoms with Gasteiger partial charge in [-0.05, 0) is 6.42 Å². The molecule has 3 N–H and O–H groups in total. The molecular formula is C10H15N5S. The van der Waals surface area contributed by atoms with Crippen molar-refractivity contribution >= 4 is 23.2 Å². The van der Waals surface area contributed by atoms with E-state index in [1.165, 1.54) is 0 Å². The third-order valence-electron chi connectivity index (χ3n) is 2.38. The smallest absolute Gasteiger partial charge is 0.169 e. The van der Waals surface area contributed by atoms with Gasteiger partial charge >= 0.3 is 0 Å². The number of aromatic nitrogens is 3. The Balaban J connectivity index is 2.44. The molecule has 0 spiro atoms. The SMILES string of the molecule is CCC(C)Sc1nc(NN)cn2ccnc12. The summed E-state index contributed by atoms with van der Waals surface area (Å²) in [5.41, 5.74) is 3.45. The summed E-state index contributed by atoms with van der Waals surface area (Å²) in [6.07, 6.45) is 6.57. The maximum Gasteiger partial charge on any atom is 0.169 e. The molecule has 0 bridgehead atoms. The number of hydrazine groups is 1. The molecule has 0 saturated heterocycles. The van der Waals surface area contributed by atoms with Crippen molar-refractivity contribution in [3.05, 3.63) is 18.6 Å². The molecule has 0 saturated carbocycles. The second-order valence-electron chi connectivity index (χ2n) is 3.57. The summed E-state index contributed by atoms with van der Waals surface area (Å²) in [6.45, 7) is 4.33. The fourth-order valence-corrected chi connectivity index (χ4v) is 2.29. The van der Waals surface area contributed by atoms with Crippen LogP contribution in [0, 0.1) is 0 Å². The Bertz CT molecular complexity index is 481. The Labute approximate surface area is 98.4 Å². The molecule has 0 aliphatic carbocycles. The second-order valence-corrected chi connectivity index (χ2v) is 5.00. The molecule has 2 aromatic heterocycles. The highest BCUT2D eigenvalue weighted by Crippen LogP contribution is 2.27. The summed E-state index contributed by atoms with van der Waals surface area (Å²) in [5.74, 6) is 6.04. The maximum atomic E-state index is 5.39. The summed E-state index contributed by atoms with van der Waals surface area (Å²) in [7, 11) is 0. The van der Waals surface area contributed by atoms with Gasteiger partial charge in [0.25, 0.3) is 0 Å². The molecule has 6 heteroatoms. The van der Waals surface area contributed by atoms with Gasteiger partial charge in [-0.3, -0.25) is 0 Å². The topological polar surface area (TPSA) is 68.2 Å². The van der Waals surface area contributed by atoms with E-state index < -0.39 is 0 Å². The highest BCUT2D eigenvalue weighted by molar-refractivity contribution is 8.00. The summed E-state index contributed by atoms with van der Waals surface area (Å²) >= 11 is 1.72. The van der Waals surface area contributed by atoms with Gasteiger partial charge in [-0.15, -0.1) is 0 Å². The van der Waals surface area contributed by atoms with Crippen LogP contribution in [0.25, 0.3) is 5.65 Å². The van der Waals surface area contributed by atoms with Crippen molar-refractivity contribution in [2.45, 2.75) is 30.5 Å². The number of thioether (sulfide) groups is 1. The van der Waals surface area contributed by atoms with Gasteiger partial charge in [-0.25, -0.2) is 15.8 Å². The fraction of sp³-hybridized carbons (Fsp3) is 0.400. The molecule has 5 nitrogen and oxygen atoms in total. The van der Waals surface area contributed by atoms with Crippen molar-refractivity contribution in [1.29, 1.82) is 0 Å². The Kier molecular flexibility index (Phi) is 3.31. The highest BCUT2D eigenvalue weighted by atomic mass is 32.2. The Morgan fingerprint density at radius 1 is 1.62 bits per heavy atom. The third-order valence-corrected chi connectivity index (χ3v) is 3.61. The zero-order valence-electron chi connectivity index (χ0n) is 9.34. The number of nitrogen functional groups attached to an aromatic ring is 1. The van der Waals surface area contributed by atoms with E-state index in [9.17, 15) is 0 Å². The molecule has 0 aromatic carbocycles. The van der Waals surface area contributed by atoms with E-state index in [1.54, 1.807) is 18.0 Å². The van der Waals surface area contributed by atoms with Crippen LogP contribution >= 0.6 is 11.8 Å². The number of anilines is 1. The van der Waals surface area contributed by atoms with Crippen molar-refractivity contribution in [2.24, 2.45) is 5.84 Å². The summed E-state index contributed by atoms with van der Waals surface area (Å²) in [6, 6.07) is 0. The maximum absolute atomic E-state index is 5.39. The molecule has 0 fully saturated rings. The lowest BCUT2D eigenvalue weighted by molar-refractivity contribution is 0.899. The van der Waals surface area contributed by atoms with Gasteiger partial charge in [-0.2, -0.15) is 0 Å². The Morgan fingerprint density at radius 2 is 2.44 bits per heavy atom. The minimum absolute atomic E-state index is 0.515. The molecule has 2 heterocycles. The molecule has 0 aliphatic heterocycles. The molecule has 1 atom stereocenters. The van der Waals surface area contributed by atoms with Gasteiger partial charge in [0.2, 0.25) is 0 Å². The van der Waals surface area contributed by atoms with Gasteiger partial charge in [0.05, 0.1) is 6.20 Å². The first-order valence-corrected chi connectivity index (χ1v) is 6.09. The van der Waals surface area contributed by atoms with Crippen molar-refractivity contribution < 1.29 is 0 Å². The van der Waals surface area contributed by atoms with E-state index in [0.29, 0.717) is 11.1 Å². The molecule has 0 radical (unpaired) electrons. The van der Waals surface area contributed by atoms with Crippen LogP contribution in [0.4, 0.5) is 5.82 Å². The van der Waals surface area contributed by atoms with Crippen LogP contribution in [-0.4, -0.2) is 19.6 Å². The molecule has 1 unspecified atom stereocenters. The molecule has 0 aliphatic rings. The summed E-state index contributed by atoms with van der Waals surface area (Å²) in [4.78, 5) is 8.72. The first-order valence-electron chi connectivity index (χ1n) is 5.21. The lowest BCUT2D eigenvalue weighted by Gasteiger charge is -2.09. The van der Waals surface area contributed by atoms with Crippen LogP contribution in [-0.2, 0) is 0 Å². The molecular weight excluding hydrogens is 222 g/mol. The van der Waals surface area contributed by atoms with Gasteiger partial charge < -0.3 is 9.83 Å². The van der Waals surface area contributed by atoms with Crippen LogP contribution in [0.3, 0.4) is 0 Å². The van der Waals surface area contributed by atoms with E-state index in [-0.39, 0.29) is 0 Å². The van der Waals surface area contributed by atoms with Crippen molar-refractivity contribution in [1.82, 2.24) is 14.4 Å².